The number of aromatic amines is 1. The van der Waals surface area contributed by atoms with Crippen LogP contribution in [-0.4, -0.2) is 29.2 Å². The number of carbonyl (C=O) groups is 1. The highest BCUT2D eigenvalue weighted by Crippen LogP contribution is 2.19. The minimum atomic E-state index is -0.101. The van der Waals surface area contributed by atoms with Crippen LogP contribution in [0.4, 0.5) is 0 Å². The fraction of sp³-hybridized carbons (Fsp3) is 0.263. The standard InChI is InChI=1S/C19H20N4O.ClH/c24-19(18-16-12-20-10-9-17(16)22-23-18)21-11-8-14-6-3-5-13-4-1-2-7-15(13)14;/h1-7,20H,8-12H2,(H,21,24)(H,22,23);1H. The van der Waals surface area contributed by atoms with Crippen LogP contribution in [-0.2, 0) is 19.4 Å². The average molecular weight is 357 g/mol. The molecule has 0 spiro atoms. The van der Waals surface area contributed by atoms with Gasteiger partial charge in [-0.2, -0.15) is 5.10 Å². The lowest BCUT2D eigenvalue weighted by Crippen LogP contribution is -2.29. The average Bonchev–Trinajstić information content (AvgIpc) is 3.06. The highest BCUT2D eigenvalue weighted by atomic mass is 35.5. The molecule has 0 unspecified atom stereocenters. The number of nitrogens with one attached hydrogen (secondary N) is 3. The Morgan fingerprint density at radius 3 is 2.92 bits per heavy atom. The minimum Gasteiger partial charge on any atom is -0.350 e. The first-order valence-electron chi connectivity index (χ1n) is 8.34. The zero-order valence-electron chi connectivity index (χ0n) is 13.8. The van der Waals surface area contributed by atoms with Gasteiger partial charge in [-0.05, 0) is 22.8 Å². The van der Waals surface area contributed by atoms with E-state index in [0.29, 0.717) is 18.8 Å². The predicted molar refractivity (Wildman–Crippen MR) is 101 cm³/mol. The first-order chi connectivity index (χ1) is 11.8. The summed E-state index contributed by atoms with van der Waals surface area (Å²) >= 11 is 0. The van der Waals surface area contributed by atoms with Crippen LogP contribution in [0.15, 0.2) is 42.5 Å². The van der Waals surface area contributed by atoms with Crippen molar-refractivity contribution in [3.63, 3.8) is 0 Å². The van der Waals surface area contributed by atoms with E-state index in [0.717, 1.165) is 30.6 Å². The van der Waals surface area contributed by atoms with Crippen molar-refractivity contribution in [2.24, 2.45) is 0 Å². The van der Waals surface area contributed by atoms with Crippen LogP contribution in [0.25, 0.3) is 10.8 Å². The molecule has 0 fully saturated rings. The number of aromatic nitrogens is 2. The van der Waals surface area contributed by atoms with Crippen molar-refractivity contribution >= 4 is 29.1 Å². The molecule has 1 aromatic heterocycles. The van der Waals surface area contributed by atoms with Crippen molar-refractivity contribution in [3.05, 3.63) is 65.0 Å². The Morgan fingerprint density at radius 1 is 1.16 bits per heavy atom. The third kappa shape index (κ3) is 3.52. The van der Waals surface area contributed by atoms with E-state index in [1.54, 1.807) is 0 Å². The maximum atomic E-state index is 12.4. The summed E-state index contributed by atoms with van der Waals surface area (Å²) in [7, 11) is 0. The molecular weight excluding hydrogens is 336 g/mol. The lowest BCUT2D eigenvalue weighted by molar-refractivity contribution is 0.0948. The molecule has 2 heterocycles. The third-order valence-electron chi connectivity index (χ3n) is 4.58. The summed E-state index contributed by atoms with van der Waals surface area (Å²) in [5, 5.41) is 15.9. The molecular formula is C19H21ClN4O. The zero-order valence-corrected chi connectivity index (χ0v) is 14.7. The van der Waals surface area contributed by atoms with Gasteiger partial charge in [-0.1, -0.05) is 42.5 Å². The first-order valence-corrected chi connectivity index (χ1v) is 8.34. The Kier molecular flexibility index (Phi) is 5.36. The van der Waals surface area contributed by atoms with E-state index in [2.05, 4.69) is 51.2 Å². The number of amides is 1. The van der Waals surface area contributed by atoms with Crippen LogP contribution in [0.1, 0.15) is 27.3 Å². The smallest absolute Gasteiger partial charge is 0.272 e. The first kappa shape index (κ1) is 17.5. The second-order valence-corrected chi connectivity index (χ2v) is 6.10. The van der Waals surface area contributed by atoms with Crippen molar-refractivity contribution in [1.29, 1.82) is 0 Å². The van der Waals surface area contributed by atoms with Gasteiger partial charge in [0, 0.05) is 37.3 Å². The molecule has 0 atom stereocenters. The van der Waals surface area contributed by atoms with Crippen molar-refractivity contribution in [2.75, 3.05) is 13.1 Å². The topological polar surface area (TPSA) is 69.8 Å². The van der Waals surface area contributed by atoms with Gasteiger partial charge in [0.05, 0.1) is 0 Å². The number of rotatable bonds is 4. The molecule has 0 saturated heterocycles. The zero-order chi connectivity index (χ0) is 16.4. The molecule has 1 aliphatic heterocycles. The lowest BCUT2D eigenvalue weighted by Gasteiger charge is -2.13. The third-order valence-corrected chi connectivity index (χ3v) is 4.58. The fourth-order valence-corrected chi connectivity index (χ4v) is 3.32. The molecule has 3 aromatic rings. The van der Waals surface area contributed by atoms with Crippen LogP contribution in [0, 0.1) is 0 Å². The van der Waals surface area contributed by atoms with Crippen molar-refractivity contribution in [1.82, 2.24) is 20.8 Å². The SMILES string of the molecule is Cl.O=C(NCCc1cccc2ccccc12)c1n[nH]c2c1CNCC2. The summed E-state index contributed by atoms with van der Waals surface area (Å²) in [6.07, 6.45) is 1.70. The number of hydrogen-bond acceptors (Lipinski definition) is 3. The molecule has 25 heavy (non-hydrogen) atoms. The van der Waals surface area contributed by atoms with Gasteiger partial charge in [0.15, 0.2) is 5.69 Å². The molecule has 4 rings (SSSR count). The monoisotopic (exact) mass is 356 g/mol. The number of fused-ring (bicyclic) bond motifs is 2. The number of benzene rings is 2. The largest absolute Gasteiger partial charge is 0.350 e. The highest BCUT2D eigenvalue weighted by Gasteiger charge is 2.21. The van der Waals surface area contributed by atoms with Crippen molar-refractivity contribution < 1.29 is 4.79 Å². The lowest BCUT2D eigenvalue weighted by atomic mass is 10.0. The van der Waals surface area contributed by atoms with E-state index < -0.39 is 0 Å². The van der Waals surface area contributed by atoms with E-state index in [4.69, 9.17) is 0 Å². The molecule has 6 heteroatoms. The molecule has 0 radical (unpaired) electrons. The predicted octanol–water partition coefficient (Wildman–Crippen LogP) is 2.60. The molecule has 2 aromatic carbocycles. The Morgan fingerprint density at radius 2 is 2.00 bits per heavy atom. The summed E-state index contributed by atoms with van der Waals surface area (Å²) in [6, 6.07) is 14.6. The number of hydrogen-bond donors (Lipinski definition) is 3. The van der Waals surface area contributed by atoms with Gasteiger partial charge in [-0.15, -0.1) is 12.4 Å². The van der Waals surface area contributed by atoms with Crippen molar-refractivity contribution in [2.45, 2.75) is 19.4 Å². The second-order valence-electron chi connectivity index (χ2n) is 6.10. The number of H-pyrrole nitrogens is 1. The summed E-state index contributed by atoms with van der Waals surface area (Å²) in [4.78, 5) is 12.4. The number of nitrogens with zero attached hydrogens (tertiary/aromatic N) is 1. The summed E-state index contributed by atoms with van der Waals surface area (Å²) in [5.41, 5.74) is 3.85. The van der Waals surface area contributed by atoms with Crippen LogP contribution >= 0.6 is 12.4 Å². The molecule has 3 N–H and O–H groups in total. The van der Waals surface area contributed by atoms with Gasteiger partial charge < -0.3 is 10.6 Å². The quantitative estimate of drug-likeness (QED) is 0.673. The molecule has 130 valence electrons. The van der Waals surface area contributed by atoms with E-state index in [1.165, 1.54) is 16.3 Å². The van der Waals surface area contributed by atoms with E-state index in [-0.39, 0.29) is 18.3 Å². The minimum absolute atomic E-state index is 0. The summed E-state index contributed by atoms with van der Waals surface area (Å²) in [5.74, 6) is -0.101. The Hall–Kier alpha value is -2.37. The Balaban J connectivity index is 0.00000182. The molecule has 5 nitrogen and oxygen atoms in total. The van der Waals surface area contributed by atoms with Gasteiger partial charge in [0.25, 0.3) is 5.91 Å². The van der Waals surface area contributed by atoms with Gasteiger partial charge in [0.1, 0.15) is 0 Å². The maximum absolute atomic E-state index is 12.4. The van der Waals surface area contributed by atoms with Crippen LogP contribution < -0.4 is 10.6 Å². The summed E-state index contributed by atoms with van der Waals surface area (Å²) < 4.78 is 0. The van der Waals surface area contributed by atoms with Crippen LogP contribution in [0.2, 0.25) is 0 Å². The van der Waals surface area contributed by atoms with Crippen LogP contribution in [0.3, 0.4) is 0 Å². The van der Waals surface area contributed by atoms with E-state index in [9.17, 15) is 4.79 Å². The van der Waals surface area contributed by atoms with Gasteiger partial charge in [-0.25, -0.2) is 0 Å². The maximum Gasteiger partial charge on any atom is 0.272 e. The molecule has 1 aliphatic rings. The van der Waals surface area contributed by atoms with Gasteiger partial charge >= 0.3 is 0 Å². The molecule has 1 amide bonds. The van der Waals surface area contributed by atoms with E-state index in [1.807, 2.05) is 12.1 Å². The molecule has 0 aliphatic carbocycles. The number of halogens is 1. The Labute approximate surface area is 152 Å². The van der Waals surface area contributed by atoms with Gasteiger partial charge in [0.2, 0.25) is 0 Å². The second kappa shape index (κ2) is 7.68. The number of carbonyl (C=O) groups excluding carboxylic acids is 1. The Bertz CT molecular complexity index is 885. The van der Waals surface area contributed by atoms with E-state index >= 15 is 0 Å². The summed E-state index contributed by atoms with van der Waals surface area (Å²) in [6.45, 7) is 2.23. The fourth-order valence-electron chi connectivity index (χ4n) is 3.32. The van der Waals surface area contributed by atoms with Crippen molar-refractivity contribution in [3.8, 4) is 0 Å². The van der Waals surface area contributed by atoms with Crippen LogP contribution in [0.5, 0.6) is 0 Å². The molecule has 0 bridgehead atoms. The van der Waals surface area contributed by atoms with Gasteiger partial charge in [-0.3, -0.25) is 9.89 Å². The normalized spacial score (nSPS) is 13.1. The highest BCUT2D eigenvalue weighted by molar-refractivity contribution is 5.94. The molecule has 0 saturated carbocycles.